The molecular formula is C17H17NO. The molecule has 2 aromatic rings. The van der Waals surface area contributed by atoms with Gasteiger partial charge in [0.05, 0.1) is 0 Å². The molecule has 19 heavy (non-hydrogen) atoms. The van der Waals surface area contributed by atoms with Gasteiger partial charge in [-0.25, -0.2) is 0 Å². The van der Waals surface area contributed by atoms with E-state index in [0.717, 1.165) is 23.4 Å². The first-order valence-corrected chi connectivity index (χ1v) is 6.32. The fourth-order valence-corrected chi connectivity index (χ4v) is 2.19. The highest BCUT2D eigenvalue weighted by molar-refractivity contribution is 5.64. The molecule has 0 spiro atoms. The Morgan fingerprint density at radius 1 is 1.16 bits per heavy atom. The van der Waals surface area contributed by atoms with E-state index in [1.54, 1.807) is 16.7 Å². The molecule has 0 amide bonds. The highest BCUT2D eigenvalue weighted by atomic mass is 16.1. The van der Waals surface area contributed by atoms with Crippen molar-refractivity contribution in [3.63, 3.8) is 0 Å². The second kappa shape index (κ2) is 5.53. The van der Waals surface area contributed by atoms with E-state index in [-0.39, 0.29) is 5.56 Å². The van der Waals surface area contributed by atoms with Crippen LogP contribution in [0.4, 0.5) is 0 Å². The fourth-order valence-electron chi connectivity index (χ4n) is 2.19. The highest BCUT2D eigenvalue weighted by Crippen LogP contribution is 2.15. The van der Waals surface area contributed by atoms with Crippen molar-refractivity contribution in [2.75, 3.05) is 0 Å². The van der Waals surface area contributed by atoms with Gasteiger partial charge in [0, 0.05) is 16.9 Å². The lowest BCUT2D eigenvalue weighted by Crippen LogP contribution is -2.24. The molecule has 0 unspecified atom stereocenters. The Morgan fingerprint density at radius 2 is 1.84 bits per heavy atom. The van der Waals surface area contributed by atoms with E-state index in [1.165, 1.54) is 0 Å². The van der Waals surface area contributed by atoms with Crippen LogP contribution < -0.4 is 5.56 Å². The predicted octanol–water partition coefficient (Wildman–Crippen LogP) is 3.69. The number of hydrogen-bond acceptors (Lipinski definition) is 1. The van der Waals surface area contributed by atoms with Crippen LogP contribution >= 0.6 is 0 Å². The summed E-state index contributed by atoms with van der Waals surface area (Å²) in [7, 11) is 0. The van der Waals surface area contributed by atoms with Crippen LogP contribution in [0.25, 0.3) is 17.8 Å². The number of aryl methyl sites for hydroxylation is 1. The molecule has 0 N–H and O–H groups in total. The van der Waals surface area contributed by atoms with E-state index in [4.69, 9.17) is 0 Å². The number of para-hydroxylation sites is 1. The zero-order chi connectivity index (χ0) is 13.8. The molecule has 2 heteroatoms. The van der Waals surface area contributed by atoms with Gasteiger partial charge < -0.3 is 0 Å². The number of benzene rings is 1. The van der Waals surface area contributed by atoms with E-state index < -0.39 is 0 Å². The monoisotopic (exact) mass is 251 g/mol. The summed E-state index contributed by atoms with van der Waals surface area (Å²) < 4.78 is 1.74. The van der Waals surface area contributed by atoms with Gasteiger partial charge in [0.25, 0.3) is 5.56 Å². The van der Waals surface area contributed by atoms with E-state index in [9.17, 15) is 4.79 Å². The average molecular weight is 251 g/mol. The van der Waals surface area contributed by atoms with Crippen LogP contribution in [0, 0.1) is 0 Å². The van der Waals surface area contributed by atoms with Gasteiger partial charge in [0.2, 0.25) is 0 Å². The quantitative estimate of drug-likeness (QED) is 0.812. The molecule has 0 atom stereocenters. The van der Waals surface area contributed by atoms with Crippen molar-refractivity contribution < 1.29 is 0 Å². The van der Waals surface area contributed by atoms with Crippen molar-refractivity contribution in [2.24, 2.45) is 0 Å². The van der Waals surface area contributed by atoms with Gasteiger partial charge in [0.15, 0.2) is 0 Å². The number of nitrogens with zero attached hydrogens (tertiary/aromatic N) is 1. The first-order valence-electron chi connectivity index (χ1n) is 6.32. The summed E-state index contributed by atoms with van der Waals surface area (Å²) in [4.78, 5) is 12.6. The lowest BCUT2D eigenvalue weighted by atomic mass is 10.1. The maximum atomic E-state index is 12.6. The molecular weight excluding hydrogens is 234 g/mol. The number of rotatable bonds is 4. The largest absolute Gasteiger partial charge is 0.281 e. The molecule has 0 aliphatic carbocycles. The SMILES string of the molecule is C=Cc1cc(CC)n(-c2ccccc2)c(=O)c1C=C. The Bertz CT molecular complexity index is 666. The second-order valence-corrected chi connectivity index (χ2v) is 4.24. The van der Waals surface area contributed by atoms with E-state index in [2.05, 4.69) is 13.2 Å². The van der Waals surface area contributed by atoms with Crippen LogP contribution in [0.3, 0.4) is 0 Å². The van der Waals surface area contributed by atoms with E-state index in [0.29, 0.717) is 5.56 Å². The molecule has 0 fully saturated rings. The molecule has 1 aromatic carbocycles. The summed E-state index contributed by atoms with van der Waals surface area (Å²) in [5.74, 6) is 0. The summed E-state index contributed by atoms with van der Waals surface area (Å²) in [6, 6.07) is 11.7. The Hall–Kier alpha value is -2.35. The molecule has 0 radical (unpaired) electrons. The Labute approximate surface area is 113 Å². The normalized spacial score (nSPS) is 10.2. The van der Waals surface area contributed by atoms with Gasteiger partial charge in [-0.15, -0.1) is 0 Å². The lowest BCUT2D eigenvalue weighted by molar-refractivity contribution is 0.872. The second-order valence-electron chi connectivity index (χ2n) is 4.24. The Kier molecular flexibility index (Phi) is 3.81. The standard InChI is InChI=1S/C17H17NO/c1-4-13-12-14(5-2)18(17(19)16(13)6-3)15-10-8-7-9-11-15/h4,6-12H,1,3,5H2,2H3. The van der Waals surface area contributed by atoms with E-state index >= 15 is 0 Å². The van der Waals surface area contributed by atoms with Gasteiger partial charge in [-0.2, -0.15) is 0 Å². The molecule has 2 nitrogen and oxygen atoms in total. The fraction of sp³-hybridized carbons (Fsp3) is 0.118. The zero-order valence-electron chi connectivity index (χ0n) is 11.1. The van der Waals surface area contributed by atoms with Gasteiger partial charge in [-0.3, -0.25) is 9.36 Å². The van der Waals surface area contributed by atoms with Gasteiger partial charge in [-0.05, 0) is 30.2 Å². The topological polar surface area (TPSA) is 22.0 Å². The molecule has 96 valence electrons. The predicted molar refractivity (Wildman–Crippen MR) is 81.6 cm³/mol. The molecule has 0 aliphatic heterocycles. The zero-order valence-corrected chi connectivity index (χ0v) is 11.1. The maximum absolute atomic E-state index is 12.6. The number of pyridine rings is 1. The van der Waals surface area contributed by atoms with Crippen LogP contribution in [-0.2, 0) is 6.42 Å². The Balaban J connectivity index is 2.84. The smallest absolute Gasteiger partial charge is 0.263 e. The summed E-state index contributed by atoms with van der Waals surface area (Å²) in [6.45, 7) is 9.53. The number of aromatic nitrogens is 1. The minimum atomic E-state index is -0.0459. The van der Waals surface area contributed by atoms with Gasteiger partial charge in [-0.1, -0.05) is 50.4 Å². The third-order valence-electron chi connectivity index (χ3n) is 3.15. The minimum absolute atomic E-state index is 0.0459. The van der Waals surface area contributed by atoms with Gasteiger partial charge >= 0.3 is 0 Å². The van der Waals surface area contributed by atoms with Crippen molar-refractivity contribution in [1.82, 2.24) is 4.57 Å². The van der Waals surface area contributed by atoms with Crippen molar-refractivity contribution in [3.8, 4) is 5.69 Å². The average Bonchev–Trinajstić information content (AvgIpc) is 2.46. The lowest BCUT2D eigenvalue weighted by Gasteiger charge is -2.14. The summed E-state index contributed by atoms with van der Waals surface area (Å²) in [5.41, 5.74) is 3.23. The van der Waals surface area contributed by atoms with Crippen LogP contribution in [0.15, 0.2) is 54.4 Å². The third-order valence-corrected chi connectivity index (χ3v) is 3.15. The molecule has 2 rings (SSSR count). The maximum Gasteiger partial charge on any atom is 0.263 e. The summed E-state index contributed by atoms with van der Waals surface area (Å²) >= 11 is 0. The molecule has 1 heterocycles. The highest BCUT2D eigenvalue weighted by Gasteiger charge is 2.11. The molecule has 1 aromatic heterocycles. The van der Waals surface area contributed by atoms with Crippen molar-refractivity contribution in [2.45, 2.75) is 13.3 Å². The number of hydrogen-bond donors (Lipinski definition) is 0. The first kappa shape index (κ1) is 13.1. The Morgan fingerprint density at radius 3 is 2.37 bits per heavy atom. The molecule has 0 bridgehead atoms. The van der Waals surface area contributed by atoms with Crippen LogP contribution in [0.5, 0.6) is 0 Å². The molecule has 0 aliphatic rings. The van der Waals surface area contributed by atoms with Gasteiger partial charge in [0.1, 0.15) is 0 Å². The van der Waals surface area contributed by atoms with Crippen LogP contribution in [-0.4, -0.2) is 4.57 Å². The van der Waals surface area contributed by atoms with E-state index in [1.807, 2.05) is 43.3 Å². The molecule has 0 saturated carbocycles. The minimum Gasteiger partial charge on any atom is -0.281 e. The molecule has 0 saturated heterocycles. The van der Waals surface area contributed by atoms with Crippen molar-refractivity contribution >= 4 is 12.2 Å². The third kappa shape index (κ3) is 2.29. The van der Waals surface area contributed by atoms with Crippen molar-refractivity contribution in [1.29, 1.82) is 0 Å². The first-order chi connectivity index (χ1) is 9.22. The summed E-state index contributed by atoms with van der Waals surface area (Å²) in [6.07, 6.45) is 4.08. The van der Waals surface area contributed by atoms with Crippen molar-refractivity contribution in [3.05, 3.63) is 76.7 Å². The van der Waals surface area contributed by atoms with Crippen LogP contribution in [0.1, 0.15) is 23.7 Å². The van der Waals surface area contributed by atoms with Crippen LogP contribution in [0.2, 0.25) is 0 Å². The summed E-state index contributed by atoms with van der Waals surface area (Å²) in [5, 5.41) is 0.